The zero-order valence-electron chi connectivity index (χ0n) is 16.2. The fourth-order valence-corrected chi connectivity index (χ4v) is 3.06. The number of ether oxygens (including phenoxy) is 2. The van der Waals surface area contributed by atoms with Crippen LogP contribution in [0.4, 0.5) is 13.2 Å². The summed E-state index contributed by atoms with van der Waals surface area (Å²) in [4.78, 5) is 16.3. The molecule has 1 saturated carbocycles. The van der Waals surface area contributed by atoms with Crippen molar-refractivity contribution in [1.82, 2.24) is 14.8 Å². The molecule has 2 heterocycles. The number of aromatic nitrogens is 3. The number of alkyl halides is 3. The summed E-state index contributed by atoms with van der Waals surface area (Å²) >= 11 is 6.11. The van der Waals surface area contributed by atoms with Gasteiger partial charge in [-0.05, 0) is 51.7 Å². The minimum atomic E-state index is -4.12. The van der Waals surface area contributed by atoms with Crippen LogP contribution < -0.4 is 4.74 Å². The second-order valence-electron chi connectivity index (χ2n) is 7.89. The second-order valence-corrected chi connectivity index (χ2v) is 8.25. The number of esters is 1. The van der Waals surface area contributed by atoms with Gasteiger partial charge in [0.2, 0.25) is 5.88 Å². The first-order valence-electron chi connectivity index (χ1n) is 9.09. The number of carbonyl (C=O) groups is 1. The number of hydrogen-bond acceptors (Lipinski definition) is 5. The third-order valence-electron chi connectivity index (χ3n) is 4.33. The quantitative estimate of drug-likeness (QED) is 0.483. The Morgan fingerprint density at radius 3 is 2.59 bits per heavy atom. The lowest BCUT2D eigenvalue weighted by Gasteiger charge is -2.19. The SMILES string of the molecule is CC(C)(C)OC(=O)c1ccc(-n2ccc(OCCC3CC3C(F)(F)F)n2)nc1Cl. The predicted octanol–water partition coefficient (Wildman–Crippen LogP) is 4.84. The van der Waals surface area contributed by atoms with Crippen molar-refractivity contribution in [3.05, 3.63) is 35.1 Å². The molecule has 2 aromatic rings. The van der Waals surface area contributed by atoms with E-state index in [1.165, 1.54) is 10.7 Å². The van der Waals surface area contributed by atoms with Crippen LogP contribution in [-0.4, -0.2) is 39.1 Å². The molecule has 1 aliphatic carbocycles. The molecular formula is C19H21ClF3N3O3. The van der Waals surface area contributed by atoms with E-state index < -0.39 is 23.7 Å². The monoisotopic (exact) mass is 431 g/mol. The Balaban J connectivity index is 1.57. The van der Waals surface area contributed by atoms with Gasteiger partial charge >= 0.3 is 12.1 Å². The Hall–Kier alpha value is -2.29. The smallest absolute Gasteiger partial charge is 0.392 e. The van der Waals surface area contributed by atoms with Gasteiger partial charge in [0, 0.05) is 12.3 Å². The molecule has 10 heteroatoms. The lowest BCUT2D eigenvalue weighted by molar-refractivity contribution is -0.151. The van der Waals surface area contributed by atoms with Gasteiger partial charge in [0.25, 0.3) is 0 Å². The molecule has 0 radical (unpaired) electrons. The van der Waals surface area contributed by atoms with E-state index in [9.17, 15) is 18.0 Å². The van der Waals surface area contributed by atoms with Crippen molar-refractivity contribution in [3.8, 4) is 11.7 Å². The summed E-state index contributed by atoms with van der Waals surface area (Å²) in [5, 5.41) is 4.15. The van der Waals surface area contributed by atoms with Crippen molar-refractivity contribution < 1.29 is 27.4 Å². The average molecular weight is 432 g/mol. The summed E-state index contributed by atoms with van der Waals surface area (Å²) in [5.74, 6) is -1.54. The first kappa shape index (κ1) is 21.4. The summed E-state index contributed by atoms with van der Waals surface area (Å²) in [5.41, 5.74) is -0.522. The number of rotatable bonds is 6. The van der Waals surface area contributed by atoms with E-state index in [0.717, 1.165) is 0 Å². The van der Waals surface area contributed by atoms with Crippen LogP contribution in [0.15, 0.2) is 24.4 Å². The number of pyridine rings is 1. The standard InChI is InChI=1S/C19H21ClF3N3O3/c1-18(2,3)29-17(27)12-4-5-14(24-16(12)20)26-8-6-15(25-26)28-9-7-11-10-13(11)19(21,22)23/h4-6,8,11,13H,7,9-10H2,1-3H3. The van der Waals surface area contributed by atoms with Gasteiger partial charge in [0.15, 0.2) is 5.82 Å². The number of hydrogen-bond donors (Lipinski definition) is 0. The van der Waals surface area contributed by atoms with Crippen LogP contribution >= 0.6 is 11.6 Å². The Kier molecular flexibility index (Phi) is 5.80. The highest BCUT2D eigenvalue weighted by Crippen LogP contribution is 2.51. The van der Waals surface area contributed by atoms with Gasteiger partial charge in [0.05, 0.1) is 18.1 Å². The molecule has 0 spiro atoms. The highest BCUT2D eigenvalue weighted by atomic mass is 35.5. The van der Waals surface area contributed by atoms with E-state index in [2.05, 4.69) is 10.1 Å². The molecule has 0 aromatic carbocycles. The lowest BCUT2D eigenvalue weighted by atomic mass is 10.2. The lowest BCUT2D eigenvalue weighted by Crippen LogP contribution is -2.24. The molecule has 29 heavy (non-hydrogen) atoms. The average Bonchev–Trinajstić information content (AvgIpc) is 3.22. The Morgan fingerprint density at radius 2 is 2.00 bits per heavy atom. The van der Waals surface area contributed by atoms with Crippen LogP contribution in [-0.2, 0) is 4.74 Å². The van der Waals surface area contributed by atoms with Crippen molar-refractivity contribution in [2.45, 2.75) is 45.4 Å². The van der Waals surface area contributed by atoms with E-state index in [1.807, 2.05) is 0 Å². The van der Waals surface area contributed by atoms with Gasteiger partial charge in [0.1, 0.15) is 10.8 Å². The van der Waals surface area contributed by atoms with Crippen molar-refractivity contribution in [2.24, 2.45) is 11.8 Å². The van der Waals surface area contributed by atoms with Gasteiger partial charge in [-0.2, -0.15) is 13.2 Å². The van der Waals surface area contributed by atoms with Crippen LogP contribution in [0, 0.1) is 11.8 Å². The number of carbonyl (C=O) groups excluding carboxylic acids is 1. The largest absolute Gasteiger partial charge is 0.477 e. The molecule has 2 atom stereocenters. The molecule has 1 fully saturated rings. The molecule has 6 nitrogen and oxygen atoms in total. The molecule has 1 aliphatic rings. The minimum Gasteiger partial charge on any atom is -0.477 e. The van der Waals surface area contributed by atoms with Crippen molar-refractivity contribution in [1.29, 1.82) is 0 Å². The fraction of sp³-hybridized carbons (Fsp3) is 0.526. The topological polar surface area (TPSA) is 66.2 Å². The van der Waals surface area contributed by atoms with Gasteiger partial charge in [-0.25, -0.2) is 14.5 Å². The van der Waals surface area contributed by atoms with Crippen LogP contribution in [0.3, 0.4) is 0 Å². The van der Waals surface area contributed by atoms with Crippen molar-refractivity contribution >= 4 is 17.6 Å². The van der Waals surface area contributed by atoms with Gasteiger partial charge in [-0.15, -0.1) is 5.10 Å². The molecule has 0 bridgehead atoms. The van der Waals surface area contributed by atoms with Gasteiger partial charge in [-0.1, -0.05) is 11.6 Å². The van der Waals surface area contributed by atoms with E-state index in [4.69, 9.17) is 21.1 Å². The highest BCUT2D eigenvalue weighted by Gasteiger charge is 2.55. The minimum absolute atomic E-state index is 0.0263. The van der Waals surface area contributed by atoms with Crippen LogP contribution in [0.1, 0.15) is 44.0 Å². The molecule has 158 valence electrons. The van der Waals surface area contributed by atoms with E-state index in [-0.39, 0.29) is 35.5 Å². The molecule has 3 rings (SSSR count). The molecule has 0 amide bonds. The maximum atomic E-state index is 12.5. The normalized spacial score (nSPS) is 19.1. The van der Waals surface area contributed by atoms with Crippen LogP contribution in [0.5, 0.6) is 5.88 Å². The molecule has 2 unspecified atom stereocenters. The first-order valence-corrected chi connectivity index (χ1v) is 9.47. The molecular weight excluding hydrogens is 411 g/mol. The van der Waals surface area contributed by atoms with Crippen LogP contribution in [0.25, 0.3) is 5.82 Å². The van der Waals surface area contributed by atoms with Crippen molar-refractivity contribution in [3.63, 3.8) is 0 Å². The van der Waals surface area contributed by atoms with E-state index in [1.54, 1.807) is 39.1 Å². The van der Waals surface area contributed by atoms with Crippen molar-refractivity contribution in [2.75, 3.05) is 6.61 Å². The Bertz CT molecular complexity index is 893. The summed E-state index contributed by atoms with van der Waals surface area (Å²) < 4.78 is 49.7. The number of halogens is 4. The second kappa shape index (κ2) is 7.85. The third kappa shape index (κ3) is 5.62. The number of nitrogens with zero attached hydrogens (tertiary/aromatic N) is 3. The Morgan fingerprint density at radius 1 is 1.28 bits per heavy atom. The summed E-state index contributed by atoms with van der Waals surface area (Å²) in [7, 11) is 0. The summed E-state index contributed by atoms with van der Waals surface area (Å²) in [6.45, 7) is 5.40. The summed E-state index contributed by atoms with van der Waals surface area (Å²) in [6.07, 6.45) is -2.06. The molecule has 2 aromatic heterocycles. The molecule has 0 N–H and O–H groups in total. The fourth-order valence-electron chi connectivity index (χ4n) is 2.83. The first-order chi connectivity index (χ1) is 13.4. The maximum Gasteiger partial charge on any atom is 0.392 e. The zero-order chi connectivity index (χ0) is 21.4. The maximum absolute atomic E-state index is 12.5. The van der Waals surface area contributed by atoms with E-state index >= 15 is 0 Å². The van der Waals surface area contributed by atoms with Gasteiger partial charge in [-0.3, -0.25) is 0 Å². The highest BCUT2D eigenvalue weighted by molar-refractivity contribution is 6.32. The Labute approximate surface area is 171 Å². The van der Waals surface area contributed by atoms with Crippen LogP contribution in [0.2, 0.25) is 5.15 Å². The molecule has 0 aliphatic heterocycles. The predicted molar refractivity (Wildman–Crippen MR) is 99.3 cm³/mol. The van der Waals surface area contributed by atoms with E-state index in [0.29, 0.717) is 12.2 Å². The molecule has 0 saturated heterocycles. The van der Waals surface area contributed by atoms with Gasteiger partial charge < -0.3 is 9.47 Å². The summed E-state index contributed by atoms with van der Waals surface area (Å²) in [6, 6.07) is 4.62. The third-order valence-corrected chi connectivity index (χ3v) is 4.62. The zero-order valence-corrected chi connectivity index (χ0v) is 16.9.